The fourth-order valence-electron chi connectivity index (χ4n) is 4.45. The molecule has 29 heavy (non-hydrogen) atoms. The topological polar surface area (TPSA) is 92.5 Å². The number of hydrogen-bond donors (Lipinski definition) is 1. The van der Waals surface area contributed by atoms with Gasteiger partial charge in [0, 0.05) is 30.5 Å². The van der Waals surface area contributed by atoms with Crippen LogP contribution in [0, 0.1) is 5.41 Å². The van der Waals surface area contributed by atoms with Crippen LogP contribution in [0.25, 0.3) is 11.1 Å². The van der Waals surface area contributed by atoms with Crippen molar-refractivity contribution in [2.24, 2.45) is 5.41 Å². The number of aromatic nitrogens is 1. The monoisotopic (exact) mass is 397 g/mol. The van der Waals surface area contributed by atoms with E-state index in [0.29, 0.717) is 49.0 Å². The third kappa shape index (κ3) is 3.12. The first-order valence-corrected chi connectivity index (χ1v) is 9.80. The second-order valence-corrected chi connectivity index (χ2v) is 8.25. The Labute approximate surface area is 165 Å². The number of oxazole rings is 1. The summed E-state index contributed by atoms with van der Waals surface area (Å²) in [4.78, 5) is 42.3. The number of imide groups is 1. The molecular weight excluding hydrogens is 377 g/mol. The highest BCUT2D eigenvalue weighted by atomic mass is 19.1. The van der Waals surface area contributed by atoms with E-state index >= 15 is 0 Å². The van der Waals surface area contributed by atoms with Crippen molar-refractivity contribution in [1.29, 1.82) is 0 Å². The summed E-state index contributed by atoms with van der Waals surface area (Å²) in [7, 11) is 0. The Hall–Kier alpha value is -3.03. The maximum Gasteiger partial charge on any atom is 0.254 e. The summed E-state index contributed by atoms with van der Waals surface area (Å²) >= 11 is 0. The zero-order chi connectivity index (χ0) is 20.2. The average Bonchev–Trinajstić information content (AvgIpc) is 3.09. The van der Waals surface area contributed by atoms with Crippen LogP contribution in [0.5, 0.6) is 0 Å². The Kier molecular flexibility index (Phi) is 4.04. The largest absolute Gasteiger partial charge is 0.440 e. The van der Waals surface area contributed by atoms with Crippen LogP contribution in [-0.2, 0) is 9.59 Å². The smallest absolute Gasteiger partial charge is 0.254 e. The van der Waals surface area contributed by atoms with Crippen LogP contribution in [0.1, 0.15) is 54.3 Å². The molecule has 1 aromatic heterocycles. The van der Waals surface area contributed by atoms with Gasteiger partial charge in [-0.05, 0) is 43.9 Å². The Morgan fingerprint density at radius 2 is 2.10 bits per heavy atom. The molecule has 1 aliphatic carbocycles. The number of allylic oxidation sites excluding steroid dienone is 2. The Bertz CT molecular complexity index is 1070. The molecule has 1 unspecified atom stereocenters. The van der Waals surface area contributed by atoms with E-state index < -0.39 is 11.8 Å². The normalized spacial score (nSPS) is 23.7. The summed E-state index contributed by atoms with van der Waals surface area (Å²) in [6, 6.07) is 5.05. The van der Waals surface area contributed by atoms with Gasteiger partial charge in [-0.25, -0.2) is 9.37 Å². The minimum absolute atomic E-state index is 0.0144. The summed E-state index contributed by atoms with van der Waals surface area (Å²) in [6.07, 6.45) is 4.15. The van der Waals surface area contributed by atoms with E-state index in [1.54, 1.807) is 29.2 Å². The van der Waals surface area contributed by atoms with Gasteiger partial charge in [0.15, 0.2) is 5.58 Å². The molecule has 2 aromatic rings. The van der Waals surface area contributed by atoms with E-state index in [9.17, 15) is 18.8 Å². The zero-order valence-electron chi connectivity index (χ0n) is 15.7. The van der Waals surface area contributed by atoms with Crippen LogP contribution in [0.3, 0.4) is 0 Å². The molecule has 3 amide bonds. The van der Waals surface area contributed by atoms with Gasteiger partial charge in [0.25, 0.3) is 5.91 Å². The number of piperidine rings is 1. The van der Waals surface area contributed by atoms with Crippen molar-refractivity contribution in [2.75, 3.05) is 13.1 Å². The first-order valence-electron chi connectivity index (χ1n) is 9.80. The van der Waals surface area contributed by atoms with Gasteiger partial charge in [-0.2, -0.15) is 0 Å². The molecule has 1 aromatic carbocycles. The lowest BCUT2D eigenvalue weighted by Crippen LogP contribution is -2.58. The van der Waals surface area contributed by atoms with Crippen LogP contribution in [-0.4, -0.2) is 40.7 Å². The highest BCUT2D eigenvalue weighted by Crippen LogP contribution is 2.43. The van der Waals surface area contributed by atoms with Crippen molar-refractivity contribution in [3.8, 4) is 0 Å². The van der Waals surface area contributed by atoms with Gasteiger partial charge in [-0.15, -0.1) is 0 Å². The highest BCUT2D eigenvalue weighted by molar-refractivity contribution is 6.01. The molecule has 0 saturated carbocycles. The fourth-order valence-corrected chi connectivity index (χ4v) is 4.45. The SMILES string of the molecule is O=C1CCC(c2nc3ccc(C(=O)N4CC5(CC=C(F)CC5)C4)cc3o2)C(=O)N1. The maximum absolute atomic E-state index is 13.3. The van der Waals surface area contributed by atoms with Gasteiger partial charge in [0.1, 0.15) is 11.4 Å². The Morgan fingerprint density at radius 3 is 2.83 bits per heavy atom. The second kappa shape index (κ2) is 6.50. The molecule has 1 atom stereocenters. The molecule has 3 heterocycles. The molecule has 0 radical (unpaired) electrons. The summed E-state index contributed by atoms with van der Waals surface area (Å²) in [6.45, 7) is 1.26. The number of nitrogens with one attached hydrogen (secondary N) is 1. The summed E-state index contributed by atoms with van der Waals surface area (Å²) < 4.78 is 19.0. The predicted molar refractivity (Wildman–Crippen MR) is 101 cm³/mol. The lowest BCUT2D eigenvalue weighted by Gasteiger charge is -2.51. The molecular formula is C21H20FN3O4. The maximum atomic E-state index is 13.3. The number of rotatable bonds is 2. The van der Waals surface area contributed by atoms with E-state index in [-0.39, 0.29) is 35.4 Å². The number of likely N-dealkylation sites (tertiary alicyclic amines) is 1. The van der Waals surface area contributed by atoms with Gasteiger partial charge < -0.3 is 9.32 Å². The van der Waals surface area contributed by atoms with E-state index in [0.717, 1.165) is 6.42 Å². The van der Waals surface area contributed by atoms with Gasteiger partial charge in [-0.3, -0.25) is 19.7 Å². The van der Waals surface area contributed by atoms with E-state index in [4.69, 9.17) is 4.42 Å². The molecule has 0 bridgehead atoms. The van der Waals surface area contributed by atoms with Gasteiger partial charge in [0.2, 0.25) is 17.7 Å². The number of fused-ring (bicyclic) bond motifs is 1. The molecule has 1 spiro atoms. The van der Waals surface area contributed by atoms with Gasteiger partial charge >= 0.3 is 0 Å². The minimum atomic E-state index is -0.603. The third-order valence-electron chi connectivity index (χ3n) is 6.18. The minimum Gasteiger partial charge on any atom is -0.440 e. The van der Waals surface area contributed by atoms with Crippen molar-refractivity contribution in [1.82, 2.24) is 15.2 Å². The molecule has 2 fully saturated rings. The number of amides is 3. The van der Waals surface area contributed by atoms with Crippen LogP contribution >= 0.6 is 0 Å². The van der Waals surface area contributed by atoms with Crippen LogP contribution in [0.4, 0.5) is 4.39 Å². The quantitative estimate of drug-likeness (QED) is 0.787. The molecule has 5 rings (SSSR count). The molecule has 1 N–H and O–H groups in total. The van der Waals surface area contributed by atoms with Crippen LogP contribution in [0.15, 0.2) is 34.5 Å². The van der Waals surface area contributed by atoms with Crippen LogP contribution < -0.4 is 5.32 Å². The molecule has 3 aliphatic rings. The number of nitrogens with zero attached hydrogens (tertiary/aromatic N) is 2. The van der Waals surface area contributed by atoms with Gasteiger partial charge in [0.05, 0.1) is 5.83 Å². The summed E-state index contributed by atoms with van der Waals surface area (Å²) in [5, 5.41) is 2.30. The summed E-state index contributed by atoms with van der Waals surface area (Å²) in [5.41, 5.74) is 1.51. The van der Waals surface area contributed by atoms with Crippen molar-refractivity contribution < 1.29 is 23.2 Å². The molecule has 8 heteroatoms. The third-order valence-corrected chi connectivity index (χ3v) is 6.18. The lowest BCUT2D eigenvalue weighted by atomic mass is 9.70. The van der Waals surface area contributed by atoms with Gasteiger partial charge in [-0.1, -0.05) is 6.08 Å². The van der Waals surface area contributed by atoms with E-state index in [1.165, 1.54) is 0 Å². The number of hydrogen-bond acceptors (Lipinski definition) is 5. The first-order chi connectivity index (χ1) is 13.9. The van der Waals surface area contributed by atoms with Crippen molar-refractivity contribution >= 4 is 28.8 Å². The van der Waals surface area contributed by atoms with E-state index in [2.05, 4.69) is 10.3 Å². The van der Waals surface area contributed by atoms with E-state index in [1.807, 2.05) is 0 Å². The summed E-state index contributed by atoms with van der Waals surface area (Å²) in [5.74, 6) is -1.19. The highest BCUT2D eigenvalue weighted by Gasteiger charge is 2.45. The molecule has 2 aliphatic heterocycles. The number of halogens is 1. The average molecular weight is 397 g/mol. The molecule has 150 valence electrons. The number of benzene rings is 1. The molecule has 7 nitrogen and oxygen atoms in total. The number of carbonyl (C=O) groups is 3. The fraction of sp³-hybridized carbons (Fsp3) is 0.429. The Balaban J connectivity index is 1.32. The number of carbonyl (C=O) groups excluding carboxylic acids is 3. The van der Waals surface area contributed by atoms with Crippen molar-refractivity contribution in [2.45, 2.75) is 38.0 Å². The van der Waals surface area contributed by atoms with Crippen LogP contribution in [0.2, 0.25) is 0 Å². The Morgan fingerprint density at radius 1 is 1.28 bits per heavy atom. The second-order valence-electron chi connectivity index (χ2n) is 8.25. The van der Waals surface area contributed by atoms with Crippen molar-refractivity contribution in [3.63, 3.8) is 0 Å². The standard InChI is InChI=1S/C21H20FN3O4/c22-13-5-7-21(8-6-13)10-25(11-21)20(28)12-1-3-15-16(9-12)29-19(23-15)14-2-4-17(26)24-18(14)27/h1,3,5,9,14H,2,4,6-8,10-11H2,(H,24,26,27). The predicted octanol–water partition coefficient (Wildman–Crippen LogP) is 2.83. The van der Waals surface area contributed by atoms with Crippen molar-refractivity contribution in [3.05, 3.63) is 41.6 Å². The first kappa shape index (κ1) is 18.0. The lowest BCUT2D eigenvalue weighted by molar-refractivity contribution is -0.134. The zero-order valence-corrected chi connectivity index (χ0v) is 15.7. The molecule has 2 saturated heterocycles.